The van der Waals surface area contributed by atoms with Crippen LogP contribution in [-0.4, -0.2) is 65.1 Å². The van der Waals surface area contributed by atoms with Gasteiger partial charge in [-0.15, -0.1) is 0 Å². The predicted octanol–water partition coefficient (Wildman–Crippen LogP) is 1.21. The van der Waals surface area contributed by atoms with E-state index in [0.29, 0.717) is 31.8 Å². The number of carbonyl (C=O) groups is 2. The molecule has 0 bridgehead atoms. The highest BCUT2D eigenvalue weighted by molar-refractivity contribution is 5.93. The number of hydrogen-bond donors (Lipinski definition) is 2. The van der Waals surface area contributed by atoms with Gasteiger partial charge in [-0.25, -0.2) is 4.79 Å². The van der Waals surface area contributed by atoms with Crippen molar-refractivity contribution in [2.24, 2.45) is 0 Å². The standard InChI is InChI=1S/C23H28N4O5/c1-16-14-18(26-22(30)25-16)20(28)27-11-13-32-23(15-27)9-5-4-7-17-6-2-3-8-19(17)31-12-10-24-21(23)29/h2-3,6,8,14H,4-5,7,9-13,15H2,1H3,(H,24,29)(H,25,26,30). The lowest BCUT2D eigenvalue weighted by molar-refractivity contribution is -0.159. The Morgan fingerprint density at radius 3 is 2.88 bits per heavy atom. The fourth-order valence-corrected chi connectivity index (χ4v) is 4.27. The van der Waals surface area contributed by atoms with Gasteiger partial charge in [0, 0.05) is 12.2 Å². The Balaban J connectivity index is 1.52. The fraction of sp³-hybridized carbons (Fsp3) is 0.478. The molecule has 2 aliphatic heterocycles. The highest BCUT2D eigenvalue weighted by atomic mass is 16.5. The maximum absolute atomic E-state index is 13.2. The molecule has 9 nitrogen and oxygen atoms in total. The third-order valence-electron chi connectivity index (χ3n) is 5.88. The highest BCUT2D eigenvalue weighted by Crippen LogP contribution is 2.28. The molecule has 3 heterocycles. The lowest BCUT2D eigenvalue weighted by atomic mass is 9.91. The van der Waals surface area contributed by atoms with Gasteiger partial charge in [-0.05, 0) is 50.3 Å². The van der Waals surface area contributed by atoms with Crippen molar-refractivity contribution in [3.63, 3.8) is 0 Å². The SMILES string of the molecule is Cc1cc(C(=O)N2CCOC3(CCCCc4ccccc4OCCNC3=O)C2)nc(=O)[nH]1. The van der Waals surface area contributed by atoms with Crippen LogP contribution in [0.3, 0.4) is 0 Å². The molecule has 170 valence electrons. The van der Waals surface area contributed by atoms with Crippen LogP contribution in [0.4, 0.5) is 0 Å². The number of ether oxygens (including phenoxy) is 2. The molecule has 0 aliphatic carbocycles. The minimum absolute atomic E-state index is 0.0712. The molecule has 1 spiro atoms. The number of rotatable bonds is 1. The van der Waals surface area contributed by atoms with Crippen LogP contribution >= 0.6 is 0 Å². The molecular formula is C23H28N4O5. The normalized spacial score (nSPS) is 22.2. The molecule has 2 aromatic rings. The van der Waals surface area contributed by atoms with Crippen molar-refractivity contribution in [3.8, 4) is 5.75 Å². The highest BCUT2D eigenvalue weighted by Gasteiger charge is 2.44. The first-order chi connectivity index (χ1) is 15.5. The molecular weight excluding hydrogens is 412 g/mol. The van der Waals surface area contributed by atoms with Gasteiger partial charge in [-0.1, -0.05) is 18.2 Å². The Bertz CT molecular complexity index is 1050. The third-order valence-corrected chi connectivity index (χ3v) is 5.88. The van der Waals surface area contributed by atoms with Crippen LogP contribution in [0.25, 0.3) is 0 Å². The van der Waals surface area contributed by atoms with E-state index >= 15 is 0 Å². The summed E-state index contributed by atoms with van der Waals surface area (Å²) in [5.41, 5.74) is 0.0659. The lowest BCUT2D eigenvalue weighted by Gasteiger charge is -2.41. The summed E-state index contributed by atoms with van der Waals surface area (Å²) in [6.45, 7) is 3.06. The van der Waals surface area contributed by atoms with Crippen LogP contribution in [0, 0.1) is 6.92 Å². The van der Waals surface area contributed by atoms with Gasteiger partial charge in [0.05, 0.1) is 19.7 Å². The van der Waals surface area contributed by atoms with Crippen molar-refractivity contribution in [2.45, 2.75) is 38.2 Å². The number of H-pyrrole nitrogens is 1. The maximum Gasteiger partial charge on any atom is 0.345 e. The quantitative estimate of drug-likeness (QED) is 0.689. The van der Waals surface area contributed by atoms with E-state index in [-0.39, 0.29) is 30.7 Å². The van der Waals surface area contributed by atoms with Crippen molar-refractivity contribution in [3.05, 3.63) is 57.8 Å². The number of benzene rings is 1. The lowest BCUT2D eigenvalue weighted by Crippen LogP contribution is -2.61. The summed E-state index contributed by atoms with van der Waals surface area (Å²) in [6.07, 6.45) is 2.95. The molecule has 1 saturated heterocycles. The number of morpholine rings is 1. The van der Waals surface area contributed by atoms with Crippen LogP contribution < -0.4 is 15.7 Å². The molecule has 9 heteroatoms. The summed E-state index contributed by atoms with van der Waals surface area (Å²) in [5, 5.41) is 2.91. The summed E-state index contributed by atoms with van der Waals surface area (Å²) in [4.78, 5) is 45.8. The van der Waals surface area contributed by atoms with Crippen LogP contribution in [0.1, 0.15) is 41.0 Å². The number of nitrogens with zero attached hydrogens (tertiary/aromatic N) is 2. The summed E-state index contributed by atoms with van der Waals surface area (Å²) in [7, 11) is 0. The number of fused-ring (bicyclic) bond motifs is 1. The molecule has 1 fully saturated rings. The molecule has 2 N–H and O–H groups in total. The Morgan fingerprint density at radius 1 is 1.19 bits per heavy atom. The van der Waals surface area contributed by atoms with Gasteiger partial charge in [-0.2, -0.15) is 4.98 Å². The Labute approximate surface area is 186 Å². The number of amides is 2. The smallest absolute Gasteiger partial charge is 0.345 e. The summed E-state index contributed by atoms with van der Waals surface area (Å²) in [5.74, 6) is 0.226. The molecule has 2 aliphatic rings. The van der Waals surface area contributed by atoms with Gasteiger partial charge >= 0.3 is 5.69 Å². The Hall–Kier alpha value is -3.20. The van der Waals surface area contributed by atoms with Gasteiger partial charge in [0.15, 0.2) is 5.60 Å². The minimum Gasteiger partial charge on any atom is -0.491 e. The minimum atomic E-state index is -1.14. The van der Waals surface area contributed by atoms with Gasteiger partial charge in [0.1, 0.15) is 18.1 Å². The molecule has 1 aromatic heterocycles. The first kappa shape index (κ1) is 22.0. The predicted molar refractivity (Wildman–Crippen MR) is 117 cm³/mol. The zero-order valence-corrected chi connectivity index (χ0v) is 18.2. The van der Waals surface area contributed by atoms with E-state index in [1.165, 1.54) is 0 Å². The van der Waals surface area contributed by atoms with E-state index in [1.807, 2.05) is 18.2 Å². The first-order valence-electron chi connectivity index (χ1n) is 11.0. The van der Waals surface area contributed by atoms with E-state index in [0.717, 1.165) is 30.6 Å². The number of hydrogen-bond acceptors (Lipinski definition) is 6. The fourth-order valence-electron chi connectivity index (χ4n) is 4.27. The van der Waals surface area contributed by atoms with Crippen LogP contribution in [0.5, 0.6) is 5.75 Å². The van der Waals surface area contributed by atoms with E-state index in [2.05, 4.69) is 21.4 Å². The third kappa shape index (κ3) is 4.83. The number of carbonyl (C=O) groups excluding carboxylic acids is 2. The monoisotopic (exact) mass is 440 g/mol. The zero-order chi connectivity index (χ0) is 22.6. The summed E-state index contributed by atoms with van der Waals surface area (Å²) in [6, 6.07) is 9.49. The number of aryl methyl sites for hydroxylation is 2. The van der Waals surface area contributed by atoms with E-state index in [9.17, 15) is 14.4 Å². The van der Waals surface area contributed by atoms with Crippen molar-refractivity contribution in [1.29, 1.82) is 0 Å². The summed E-state index contributed by atoms with van der Waals surface area (Å²) < 4.78 is 11.9. The molecule has 0 radical (unpaired) electrons. The van der Waals surface area contributed by atoms with Crippen LogP contribution in [0.2, 0.25) is 0 Å². The van der Waals surface area contributed by atoms with Crippen molar-refractivity contribution in [1.82, 2.24) is 20.2 Å². The molecule has 1 unspecified atom stereocenters. The molecule has 1 aromatic carbocycles. The molecule has 2 amide bonds. The van der Waals surface area contributed by atoms with Gasteiger partial charge < -0.3 is 24.7 Å². The second kappa shape index (κ2) is 9.52. The van der Waals surface area contributed by atoms with Crippen molar-refractivity contribution < 1.29 is 19.1 Å². The maximum atomic E-state index is 13.2. The largest absolute Gasteiger partial charge is 0.491 e. The average molecular weight is 441 g/mol. The molecule has 32 heavy (non-hydrogen) atoms. The number of aromatic amines is 1. The molecule has 4 rings (SSSR count). The van der Waals surface area contributed by atoms with Gasteiger partial charge in [0.2, 0.25) is 0 Å². The molecule has 1 atom stereocenters. The number of aromatic nitrogens is 2. The Morgan fingerprint density at radius 2 is 2.03 bits per heavy atom. The van der Waals surface area contributed by atoms with E-state index in [1.54, 1.807) is 17.9 Å². The second-order valence-corrected chi connectivity index (χ2v) is 8.24. The number of nitrogens with one attached hydrogen (secondary N) is 2. The Kier molecular flexibility index (Phi) is 6.55. The topological polar surface area (TPSA) is 114 Å². The van der Waals surface area contributed by atoms with Gasteiger partial charge in [0.25, 0.3) is 11.8 Å². The van der Waals surface area contributed by atoms with Gasteiger partial charge in [-0.3, -0.25) is 9.59 Å². The first-order valence-corrected chi connectivity index (χ1v) is 11.0. The van der Waals surface area contributed by atoms with Crippen molar-refractivity contribution >= 4 is 11.8 Å². The zero-order valence-electron chi connectivity index (χ0n) is 18.2. The summed E-state index contributed by atoms with van der Waals surface area (Å²) >= 11 is 0. The molecule has 0 saturated carbocycles. The van der Waals surface area contributed by atoms with Crippen LogP contribution in [-0.2, 0) is 16.0 Å². The van der Waals surface area contributed by atoms with E-state index in [4.69, 9.17) is 9.47 Å². The number of para-hydroxylation sites is 1. The van der Waals surface area contributed by atoms with Crippen LogP contribution in [0.15, 0.2) is 35.1 Å². The van der Waals surface area contributed by atoms with E-state index < -0.39 is 11.3 Å². The van der Waals surface area contributed by atoms with Crippen molar-refractivity contribution in [2.75, 3.05) is 32.8 Å². The average Bonchev–Trinajstić information content (AvgIpc) is 2.78. The second-order valence-electron chi connectivity index (χ2n) is 8.24.